The summed E-state index contributed by atoms with van der Waals surface area (Å²) in [5, 5.41) is 0. The average Bonchev–Trinajstić information content (AvgIpc) is 3.13. The van der Waals surface area contributed by atoms with Crippen molar-refractivity contribution < 1.29 is 14.2 Å². The molecule has 0 bridgehead atoms. The zero-order valence-electron chi connectivity index (χ0n) is 10.5. The molecule has 3 rings (SSSR count). The SMILES string of the molecule is CC(CC1CO1)(CC1CO1)Oc1nc(=O)[nH]c(=O)[nH]1. The van der Waals surface area contributed by atoms with Crippen molar-refractivity contribution in [2.45, 2.75) is 37.6 Å². The van der Waals surface area contributed by atoms with Crippen molar-refractivity contribution in [2.75, 3.05) is 13.2 Å². The molecule has 2 N–H and O–H groups in total. The van der Waals surface area contributed by atoms with Gasteiger partial charge in [-0.15, -0.1) is 4.98 Å². The maximum absolute atomic E-state index is 11.2. The van der Waals surface area contributed by atoms with Crippen LogP contribution in [-0.2, 0) is 9.47 Å². The molecular weight excluding hydrogens is 254 g/mol. The van der Waals surface area contributed by atoms with Gasteiger partial charge in [0.1, 0.15) is 5.60 Å². The van der Waals surface area contributed by atoms with Gasteiger partial charge in [0, 0.05) is 12.8 Å². The molecule has 2 fully saturated rings. The van der Waals surface area contributed by atoms with Crippen LogP contribution in [0.5, 0.6) is 6.01 Å². The third-order valence-corrected chi connectivity index (χ3v) is 3.11. The van der Waals surface area contributed by atoms with E-state index < -0.39 is 17.0 Å². The summed E-state index contributed by atoms with van der Waals surface area (Å²) in [6.07, 6.45) is 1.67. The van der Waals surface area contributed by atoms with E-state index in [0.29, 0.717) is 26.1 Å². The van der Waals surface area contributed by atoms with Gasteiger partial charge in [-0.1, -0.05) is 0 Å². The Morgan fingerprint density at radius 3 is 2.32 bits per heavy atom. The highest BCUT2D eigenvalue weighted by Gasteiger charge is 2.41. The number of hydrogen-bond acceptors (Lipinski definition) is 6. The number of nitrogens with one attached hydrogen (secondary N) is 2. The van der Waals surface area contributed by atoms with Crippen LogP contribution in [0.2, 0.25) is 0 Å². The molecule has 8 nitrogen and oxygen atoms in total. The Kier molecular flexibility index (Phi) is 2.90. The maximum atomic E-state index is 11.2. The van der Waals surface area contributed by atoms with E-state index in [4.69, 9.17) is 14.2 Å². The number of epoxide rings is 2. The van der Waals surface area contributed by atoms with Crippen molar-refractivity contribution >= 4 is 0 Å². The van der Waals surface area contributed by atoms with E-state index in [0.717, 1.165) is 0 Å². The number of H-pyrrole nitrogens is 2. The van der Waals surface area contributed by atoms with Gasteiger partial charge < -0.3 is 14.2 Å². The molecule has 8 heteroatoms. The van der Waals surface area contributed by atoms with E-state index in [1.54, 1.807) is 0 Å². The van der Waals surface area contributed by atoms with Gasteiger partial charge in [-0.2, -0.15) is 0 Å². The van der Waals surface area contributed by atoms with Gasteiger partial charge in [0.25, 0.3) is 0 Å². The molecule has 2 unspecified atom stereocenters. The van der Waals surface area contributed by atoms with E-state index in [-0.39, 0.29) is 18.2 Å². The summed E-state index contributed by atoms with van der Waals surface area (Å²) in [6.45, 7) is 3.32. The minimum Gasteiger partial charge on any atom is -0.458 e. The number of rotatable bonds is 6. The normalized spacial score (nSPS) is 27.6. The molecule has 0 amide bonds. The van der Waals surface area contributed by atoms with Gasteiger partial charge in [-0.05, 0) is 6.92 Å². The topological polar surface area (TPSA) is 113 Å². The predicted octanol–water partition coefficient (Wildman–Crippen LogP) is -0.826. The largest absolute Gasteiger partial charge is 0.458 e. The Hall–Kier alpha value is -1.67. The quantitative estimate of drug-likeness (QED) is 0.652. The molecule has 1 aromatic heterocycles. The Balaban J connectivity index is 1.78. The fourth-order valence-corrected chi connectivity index (χ4v) is 2.16. The second-order valence-electron chi connectivity index (χ2n) is 5.17. The zero-order valence-corrected chi connectivity index (χ0v) is 10.5. The minimum absolute atomic E-state index is 0.0717. The van der Waals surface area contributed by atoms with Crippen molar-refractivity contribution in [1.29, 1.82) is 0 Å². The third-order valence-electron chi connectivity index (χ3n) is 3.11. The van der Waals surface area contributed by atoms with Crippen LogP contribution in [-0.4, -0.2) is 46.0 Å². The summed E-state index contributed by atoms with van der Waals surface area (Å²) >= 11 is 0. The number of aromatic amines is 2. The van der Waals surface area contributed by atoms with Crippen LogP contribution in [0.3, 0.4) is 0 Å². The van der Waals surface area contributed by atoms with Crippen LogP contribution in [0, 0.1) is 0 Å². The molecule has 0 radical (unpaired) electrons. The molecule has 3 heterocycles. The van der Waals surface area contributed by atoms with Gasteiger partial charge in [0.2, 0.25) is 0 Å². The molecular formula is C11H15N3O5. The lowest BCUT2D eigenvalue weighted by Crippen LogP contribution is -2.38. The fraction of sp³-hybridized carbons (Fsp3) is 0.727. The molecule has 19 heavy (non-hydrogen) atoms. The standard InChI is InChI=1S/C11H15N3O5/c1-11(2-6-4-17-6,3-7-5-18-7)19-10-13-8(15)12-9(16)14-10/h6-7H,2-5H2,1H3,(H2,12,13,14,15,16). The van der Waals surface area contributed by atoms with Gasteiger partial charge >= 0.3 is 17.4 Å². The van der Waals surface area contributed by atoms with Crippen LogP contribution in [0.4, 0.5) is 0 Å². The van der Waals surface area contributed by atoms with Gasteiger partial charge in [-0.3, -0.25) is 9.97 Å². The molecule has 0 saturated carbocycles. The summed E-state index contributed by atoms with van der Waals surface area (Å²) < 4.78 is 16.1. The molecule has 2 aliphatic heterocycles. The highest BCUT2D eigenvalue weighted by Crippen LogP contribution is 2.33. The second-order valence-corrected chi connectivity index (χ2v) is 5.17. The predicted molar refractivity (Wildman–Crippen MR) is 63.2 cm³/mol. The summed E-state index contributed by atoms with van der Waals surface area (Å²) in [5.74, 6) is 0. The van der Waals surface area contributed by atoms with E-state index in [2.05, 4.69) is 9.97 Å². The first kappa shape index (κ1) is 12.4. The first-order valence-corrected chi connectivity index (χ1v) is 6.15. The van der Waals surface area contributed by atoms with Gasteiger partial charge in [0.05, 0.1) is 25.4 Å². The van der Waals surface area contributed by atoms with Crippen LogP contribution < -0.4 is 16.1 Å². The Morgan fingerprint density at radius 1 is 1.26 bits per heavy atom. The minimum atomic E-state index is -0.730. The molecule has 1 aromatic rings. The Bertz CT molecular complexity index is 530. The lowest BCUT2D eigenvalue weighted by molar-refractivity contribution is 0.0428. The Labute approximate surface area is 108 Å². The van der Waals surface area contributed by atoms with Crippen molar-refractivity contribution in [1.82, 2.24) is 15.0 Å². The number of nitrogens with zero attached hydrogens (tertiary/aromatic N) is 1. The lowest BCUT2D eigenvalue weighted by Gasteiger charge is -2.28. The maximum Gasteiger partial charge on any atom is 0.353 e. The molecule has 2 saturated heterocycles. The van der Waals surface area contributed by atoms with Gasteiger partial charge in [0.15, 0.2) is 0 Å². The van der Waals surface area contributed by atoms with Crippen LogP contribution >= 0.6 is 0 Å². The number of hydrogen-bond donors (Lipinski definition) is 2. The highest BCUT2D eigenvalue weighted by atomic mass is 16.6. The molecule has 0 aliphatic carbocycles. The zero-order chi connectivity index (χ0) is 13.5. The summed E-state index contributed by atoms with van der Waals surface area (Å²) in [6, 6.07) is -0.0717. The van der Waals surface area contributed by atoms with E-state index >= 15 is 0 Å². The molecule has 0 aromatic carbocycles. The lowest BCUT2D eigenvalue weighted by atomic mass is 9.94. The van der Waals surface area contributed by atoms with E-state index in [9.17, 15) is 9.59 Å². The Morgan fingerprint density at radius 2 is 1.84 bits per heavy atom. The van der Waals surface area contributed by atoms with Crippen molar-refractivity contribution in [3.05, 3.63) is 21.0 Å². The van der Waals surface area contributed by atoms with Crippen molar-refractivity contribution in [3.63, 3.8) is 0 Å². The van der Waals surface area contributed by atoms with Crippen LogP contribution in [0.1, 0.15) is 19.8 Å². The first-order chi connectivity index (χ1) is 9.02. The molecule has 104 valence electrons. The number of ether oxygens (including phenoxy) is 3. The third kappa shape index (κ3) is 3.42. The summed E-state index contributed by atoms with van der Waals surface area (Å²) in [5.41, 5.74) is -1.94. The number of aromatic nitrogens is 3. The summed E-state index contributed by atoms with van der Waals surface area (Å²) in [7, 11) is 0. The monoisotopic (exact) mass is 269 g/mol. The smallest absolute Gasteiger partial charge is 0.353 e. The van der Waals surface area contributed by atoms with E-state index in [1.165, 1.54) is 0 Å². The van der Waals surface area contributed by atoms with E-state index in [1.807, 2.05) is 11.9 Å². The first-order valence-electron chi connectivity index (χ1n) is 6.15. The highest BCUT2D eigenvalue weighted by molar-refractivity contribution is 4.97. The summed E-state index contributed by atoms with van der Waals surface area (Å²) in [4.78, 5) is 30.3. The molecule has 2 atom stereocenters. The van der Waals surface area contributed by atoms with Crippen LogP contribution in [0.15, 0.2) is 9.59 Å². The van der Waals surface area contributed by atoms with Crippen molar-refractivity contribution in [3.8, 4) is 6.01 Å². The molecule has 2 aliphatic rings. The van der Waals surface area contributed by atoms with Crippen molar-refractivity contribution in [2.24, 2.45) is 0 Å². The van der Waals surface area contributed by atoms with Crippen LogP contribution in [0.25, 0.3) is 0 Å². The average molecular weight is 269 g/mol. The fourth-order valence-electron chi connectivity index (χ4n) is 2.16. The van der Waals surface area contributed by atoms with Gasteiger partial charge in [-0.25, -0.2) is 9.59 Å². The molecule has 0 spiro atoms. The second kappa shape index (κ2) is 4.46.